The van der Waals surface area contributed by atoms with Crippen molar-refractivity contribution in [3.05, 3.63) is 16.1 Å². The number of nitrogens with zero attached hydrogens (tertiary/aromatic N) is 2. The van der Waals surface area contributed by atoms with E-state index in [2.05, 4.69) is 36.8 Å². The Morgan fingerprint density at radius 1 is 1.64 bits per heavy atom. The smallest absolute Gasteiger partial charge is 0.356 e. The third-order valence-electron chi connectivity index (χ3n) is 1.81. The Morgan fingerprint density at radius 3 is 2.71 bits per heavy atom. The SMILES string of the molecule is CCn1c(Br)nc(CBr)c1C(=O)OC. The van der Waals surface area contributed by atoms with Crippen LogP contribution in [0.15, 0.2) is 4.73 Å². The number of carbonyl (C=O) groups excluding carboxylic acids is 1. The number of esters is 1. The first kappa shape index (κ1) is 11.7. The molecule has 0 saturated carbocycles. The number of halogens is 2. The summed E-state index contributed by atoms with van der Waals surface area (Å²) >= 11 is 6.57. The van der Waals surface area contributed by atoms with E-state index in [4.69, 9.17) is 4.74 Å². The maximum atomic E-state index is 11.5. The van der Waals surface area contributed by atoms with Gasteiger partial charge >= 0.3 is 5.97 Å². The molecule has 1 aromatic heterocycles. The summed E-state index contributed by atoms with van der Waals surface area (Å²) in [4.78, 5) is 15.7. The van der Waals surface area contributed by atoms with Crippen LogP contribution in [0.2, 0.25) is 0 Å². The van der Waals surface area contributed by atoms with E-state index in [0.717, 1.165) is 0 Å². The van der Waals surface area contributed by atoms with Gasteiger partial charge in [0.1, 0.15) is 0 Å². The molecular weight excluding hydrogens is 316 g/mol. The third kappa shape index (κ3) is 2.00. The van der Waals surface area contributed by atoms with Gasteiger partial charge in [0, 0.05) is 11.9 Å². The van der Waals surface area contributed by atoms with Crippen molar-refractivity contribution < 1.29 is 9.53 Å². The Labute approximate surface area is 98.9 Å². The lowest BCUT2D eigenvalue weighted by Crippen LogP contribution is -2.11. The molecular formula is C8H10Br2N2O2. The molecule has 14 heavy (non-hydrogen) atoms. The number of hydrogen-bond acceptors (Lipinski definition) is 3. The number of carbonyl (C=O) groups is 1. The molecule has 0 saturated heterocycles. The van der Waals surface area contributed by atoms with E-state index in [1.807, 2.05) is 6.92 Å². The Kier molecular flexibility index (Phi) is 4.12. The summed E-state index contributed by atoms with van der Waals surface area (Å²) in [5.41, 5.74) is 1.18. The third-order valence-corrected chi connectivity index (χ3v) is 2.95. The van der Waals surface area contributed by atoms with Gasteiger partial charge in [-0.1, -0.05) is 15.9 Å². The first-order chi connectivity index (χ1) is 6.65. The van der Waals surface area contributed by atoms with Crippen molar-refractivity contribution in [1.29, 1.82) is 0 Å². The zero-order valence-corrected chi connectivity index (χ0v) is 11.1. The molecule has 0 atom stereocenters. The van der Waals surface area contributed by atoms with Crippen molar-refractivity contribution in [1.82, 2.24) is 9.55 Å². The zero-order chi connectivity index (χ0) is 10.7. The summed E-state index contributed by atoms with van der Waals surface area (Å²) in [6.07, 6.45) is 0. The molecule has 0 aliphatic heterocycles. The molecule has 0 amide bonds. The Morgan fingerprint density at radius 2 is 2.29 bits per heavy atom. The average molecular weight is 326 g/mol. The van der Waals surface area contributed by atoms with Gasteiger partial charge in [0.25, 0.3) is 0 Å². The van der Waals surface area contributed by atoms with Crippen molar-refractivity contribution in [2.75, 3.05) is 7.11 Å². The first-order valence-corrected chi connectivity index (χ1v) is 5.96. The van der Waals surface area contributed by atoms with Crippen LogP contribution in [0.1, 0.15) is 23.1 Å². The lowest BCUT2D eigenvalue weighted by Gasteiger charge is -2.05. The van der Waals surface area contributed by atoms with E-state index < -0.39 is 0 Å². The maximum absolute atomic E-state index is 11.5. The summed E-state index contributed by atoms with van der Waals surface area (Å²) in [6.45, 7) is 2.61. The van der Waals surface area contributed by atoms with Gasteiger partial charge in [0.05, 0.1) is 12.8 Å². The fourth-order valence-corrected chi connectivity index (χ4v) is 2.21. The van der Waals surface area contributed by atoms with E-state index in [0.29, 0.717) is 28.0 Å². The normalized spacial score (nSPS) is 10.3. The molecule has 0 unspecified atom stereocenters. The minimum absolute atomic E-state index is 0.362. The highest BCUT2D eigenvalue weighted by molar-refractivity contribution is 9.10. The standard InChI is InChI=1S/C8H10Br2N2O2/c1-3-12-6(7(13)14-2)5(4-9)11-8(12)10/h3-4H2,1-2H3. The Bertz CT molecular complexity index is 349. The molecule has 78 valence electrons. The molecule has 0 bridgehead atoms. The number of aromatic nitrogens is 2. The Balaban J connectivity index is 3.27. The molecule has 6 heteroatoms. The highest BCUT2D eigenvalue weighted by Gasteiger charge is 2.20. The largest absolute Gasteiger partial charge is 0.464 e. The van der Waals surface area contributed by atoms with Gasteiger partial charge in [-0.3, -0.25) is 0 Å². The number of alkyl halides is 1. The van der Waals surface area contributed by atoms with E-state index in [1.54, 1.807) is 4.57 Å². The topological polar surface area (TPSA) is 44.1 Å². The molecule has 0 spiro atoms. The van der Waals surface area contributed by atoms with Crippen LogP contribution >= 0.6 is 31.9 Å². The molecule has 1 aromatic rings. The monoisotopic (exact) mass is 324 g/mol. The van der Waals surface area contributed by atoms with E-state index >= 15 is 0 Å². The van der Waals surface area contributed by atoms with Crippen molar-refractivity contribution >= 4 is 37.8 Å². The van der Waals surface area contributed by atoms with Crippen LogP contribution in [0, 0.1) is 0 Å². The summed E-state index contributed by atoms with van der Waals surface area (Å²) in [6, 6.07) is 0. The van der Waals surface area contributed by atoms with Crippen LogP contribution in [0.3, 0.4) is 0 Å². The molecule has 4 nitrogen and oxygen atoms in total. The Hall–Kier alpha value is -0.360. The number of methoxy groups -OCH3 is 1. The number of ether oxygens (including phenoxy) is 1. The van der Waals surface area contributed by atoms with Crippen LogP contribution in [0.25, 0.3) is 0 Å². The molecule has 0 aliphatic carbocycles. The van der Waals surface area contributed by atoms with Gasteiger partial charge in [-0.05, 0) is 22.9 Å². The minimum Gasteiger partial charge on any atom is -0.464 e. The van der Waals surface area contributed by atoms with Gasteiger partial charge in [-0.2, -0.15) is 0 Å². The van der Waals surface area contributed by atoms with Crippen LogP contribution in [0.4, 0.5) is 0 Å². The van der Waals surface area contributed by atoms with Crippen LogP contribution < -0.4 is 0 Å². The second-order valence-corrected chi connectivity index (χ2v) is 3.82. The van der Waals surface area contributed by atoms with Crippen molar-refractivity contribution in [2.45, 2.75) is 18.8 Å². The van der Waals surface area contributed by atoms with Gasteiger partial charge in [-0.15, -0.1) is 0 Å². The van der Waals surface area contributed by atoms with Crippen LogP contribution in [-0.2, 0) is 16.6 Å². The molecule has 0 aliphatic rings. The molecule has 0 fully saturated rings. The summed E-state index contributed by atoms with van der Waals surface area (Å²) in [7, 11) is 1.36. The van der Waals surface area contributed by atoms with Gasteiger partial charge in [0.15, 0.2) is 10.4 Å². The van der Waals surface area contributed by atoms with Crippen LogP contribution in [0.5, 0.6) is 0 Å². The summed E-state index contributed by atoms with van der Waals surface area (Å²) in [5, 5.41) is 0.531. The number of imidazole rings is 1. The van der Waals surface area contributed by atoms with Crippen molar-refractivity contribution in [3.63, 3.8) is 0 Å². The highest BCUT2D eigenvalue weighted by atomic mass is 79.9. The molecule has 0 N–H and O–H groups in total. The van der Waals surface area contributed by atoms with Gasteiger partial charge in [-0.25, -0.2) is 9.78 Å². The maximum Gasteiger partial charge on any atom is 0.356 e. The van der Waals surface area contributed by atoms with Crippen molar-refractivity contribution in [2.24, 2.45) is 0 Å². The zero-order valence-electron chi connectivity index (χ0n) is 7.88. The molecule has 1 rings (SSSR count). The number of rotatable bonds is 3. The van der Waals surface area contributed by atoms with E-state index in [-0.39, 0.29) is 5.97 Å². The molecule has 0 radical (unpaired) electrons. The minimum atomic E-state index is -0.362. The van der Waals surface area contributed by atoms with E-state index in [1.165, 1.54) is 7.11 Å². The van der Waals surface area contributed by atoms with Crippen molar-refractivity contribution in [3.8, 4) is 0 Å². The quantitative estimate of drug-likeness (QED) is 0.633. The lowest BCUT2D eigenvalue weighted by molar-refractivity contribution is 0.0587. The predicted octanol–water partition coefficient (Wildman–Crippen LogP) is 2.35. The van der Waals surface area contributed by atoms with Crippen LogP contribution in [-0.4, -0.2) is 22.6 Å². The number of hydrogen-bond donors (Lipinski definition) is 0. The fraction of sp³-hybridized carbons (Fsp3) is 0.500. The average Bonchev–Trinajstić information content (AvgIpc) is 2.53. The second-order valence-electron chi connectivity index (χ2n) is 2.55. The molecule has 1 heterocycles. The summed E-state index contributed by atoms with van der Waals surface area (Å²) < 4.78 is 7.11. The lowest BCUT2D eigenvalue weighted by atomic mass is 10.3. The predicted molar refractivity (Wildman–Crippen MR) is 59.6 cm³/mol. The first-order valence-electron chi connectivity index (χ1n) is 4.04. The fourth-order valence-electron chi connectivity index (χ4n) is 1.18. The second kappa shape index (κ2) is 4.93. The summed E-state index contributed by atoms with van der Waals surface area (Å²) in [5.74, 6) is -0.362. The van der Waals surface area contributed by atoms with Gasteiger partial charge in [0.2, 0.25) is 0 Å². The van der Waals surface area contributed by atoms with E-state index in [9.17, 15) is 4.79 Å². The highest BCUT2D eigenvalue weighted by Crippen LogP contribution is 2.19. The molecule has 0 aromatic carbocycles. The van der Waals surface area contributed by atoms with Gasteiger partial charge < -0.3 is 9.30 Å².